The van der Waals surface area contributed by atoms with Crippen LogP contribution in [0.15, 0.2) is 84.9 Å². The maximum Gasteiger partial charge on any atom is 0.255 e. The van der Waals surface area contributed by atoms with E-state index in [0.29, 0.717) is 30.9 Å². The van der Waals surface area contributed by atoms with Crippen molar-refractivity contribution >= 4 is 21.6 Å². The third-order valence-electron chi connectivity index (χ3n) is 5.60. The summed E-state index contributed by atoms with van der Waals surface area (Å²) in [5, 5.41) is 0. The average molecular weight is 480 g/mol. The van der Waals surface area contributed by atoms with Crippen LogP contribution < -0.4 is 4.72 Å². The van der Waals surface area contributed by atoms with Crippen LogP contribution in [0.3, 0.4) is 0 Å². The maximum absolute atomic E-state index is 13.5. The number of amides is 1. The summed E-state index contributed by atoms with van der Waals surface area (Å²) >= 11 is 0. The zero-order valence-corrected chi connectivity index (χ0v) is 20.8. The molecule has 0 saturated heterocycles. The first kappa shape index (κ1) is 25.5. The van der Waals surface area contributed by atoms with E-state index in [1.165, 1.54) is 11.1 Å². The average Bonchev–Trinajstić information content (AvgIpc) is 2.82. The van der Waals surface area contributed by atoms with Crippen LogP contribution in [0.25, 0.3) is 0 Å². The number of nitrogens with one attached hydrogen (secondary N) is 1. The fourth-order valence-corrected chi connectivity index (χ4v) is 4.48. The molecule has 0 aliphatic carbocycles. The number of hydrogen-bond donors (Lipinski definition) is 1. The number of sulfonamides is 1. The molecule has 0 bridgehead atoms. The van der Waals surface area contributed by atoms with E-state index in [1.54, 1.807) is 24.3 Å². The summed E-state index contributed by atoms with van der Waals surface area (Å²) in [5.74, 6) is -0.0774. The predicted octanol–water partition coefficient (Wildman–Crippen LogP) is 4.96. The van der Waals surface area contributed by atoms with Gasteiger partial charge in [0, 0.05) is 30.9 Å². The van der Waals surface area contributed by atoms with Crippen molar-refractivity contribution in [3.63, 3.8) is 0 Å². The molecule has 1 N–H and O–H groups in total. The monoisotopic (exact) mass is 479 g/mol. The van der Waals surface area contributed by atoms with Crippen LogP contribution in [0.5, 0.6) is 0 Å². The molecule has 1 atom stereocenters. The summed E-state index contributed by atoms with van der Waals surface area (Å²) in [6, 6.07) is 27.1. The number of benzene rings is 3. The smallest absolute Gasteiger partial charge is 0.255 e. The highest BCUT2D eigenvalue weighted by Gasteiger charge is 2.26. The summed E-state index contributed by atoms with van der Waals surface area (Å²) in [5.41, 5.74) is 3.33. The van der Waals surface area contributed by atoms with E-state index in [1.807, 2.05) is 41.3 Å². The van der Waals surface area contributed by atoms with Gasteiger partial charge in [0.25, 0.3) is 5.91 Å². The zero-order valence-electron chi connectivity index (χ0n) is 20.0. The second kappa shape index (κ2) is 11.8. The lowest BCUT2D eigenvalue weighted by atomic mass is 10.1. The number of anilines is 1. The summed E-state index contributed by atoms with van der Waals surface area (Å²) in [4.78, 5) is 17.7. The van der Waals surface area contributed by atoms with Crippen molar-refractivity contribution in [3.8, 4) is 0 Å². The van der Waals surface area contributed by atoms with Gasteiger partial charge in [-0.1, -0.05) is 67.6 Å². The molecule has 3 aromatic carbocycles. The molecule has 0 aliphatic heterocycles. The molecule has 0 fully saturated rings. The molecule has 0 spiro atoms. The van der Waals surface area contributed by atoms with E-state index < -0.39 is 10.0 Å². The molecular weight excluding hydrogens is 446 g/mol. The van der Waals surface area contributed by atoms with E-state index in [-0.39, 0.29) is 12.1 Å². The molecule has 3 aromatic rings. The number of carbonyl (C=O) groups is 1. The number of nitrogens with zero attached hydrogens (tertiary/aromatic N) is 2. The van der Waals surface area contributed by atoms with Gasteiger partial charge >= 0.3 is 0 Å². The summed E-state index contributed by atoms with van der Waals surface area (Å²) < 4.78 is 25.4. The molecule has 1 unspecified atom stereocenters. The first-order chi connectivity index (χ1) is 16.3. The molecule has 0 radical (unpaired) electrons. The maximum atomic E-state index is 13.5. The lowest BCUT2D eigenvalue weighted by Crippen LogP contribution is -2.49. The van der Waals surface area contributed by atoms with E-state index in [9.17, 15) is 13.2 Å². The van der Waals surface area contributed by atoms with E-state index in [2.05, 4.69) is 47.7 Å². The van der Waals surface area contributed by atoms with Gasteiger partial charge in [-0.3, -0.25) is 14.4 Å². The Bertz CT molecular complexity index is 1110. The number of hydrogen-bond acceptors (Lipinski definition) is 4. The lowest BCUT2D eigenvalue weighted by molar-refractivity contribution is 0.0309. The lowest BCUT2D eigenvalue weighted by Gasteiger charge is -2.38. The van der Waals surface area contributed by atoms with E-state index in [4.69, 9.17) is 0 Å². The minimum absolute atomic E-state index is 0.0774. The molecule has 180 valence electrons. The predicted molar refractivity (Wildman–Crippen MR) is 138 cm³/mol. The third kappa shape index (κ3) is 7.43. The largest absolute Gasteiger partial charge is 0.323 e. The van der Waals surface area contributed by atoms with E-state index >= 15 is 0 Å². The van der Waals surface area contributed by atoms with Crippen LogP contribution in [0, 0.1) is 0 Å². The Balaban J connectivity index is 1.85. The van der Waals surface area contributed by atoms with Crippen LogP contribution in [0.1, 0.15) is 41.8 Å². The zero-order chi connectivity index (χ0) is 24.6. The van der Waals surface area contributed by atoms with Crippen molar-refractivity contribution in [1.29, 1.82) is 0 Å². The Morgan fingerprint density at radius 2 is 1.35 bits per heavy atom. The van der Waals surface area contributed by atoms with Gasteiger partial charge in [-0.25, -0.2) is 8.42 Å². The fourth-order valence-electron chi connectivity index (χ4n) is 3.91. The Morgan fingerprint density at radius 3 is 1.79 bits per heavy atom. The topological polar surface area (TPSA) is 69.7 Å². The molecule has 7 heteroatoms. The normalized spacial score (nSPS) is 12.4. The molecule has 0 aromatic heterocycles. The molecule has 34 heavy (non-hydrogen) atoms. The Kier molecular flexibility index (Phi) is 8.85. The molecule has 3 rings (SSSR count). The van der Waals surface area contributed by atoms with Crippen molar-refractivity contribution < 1.29 is 13.2 Å². The van der Waals surface area contributed by atoms with Gasteiger partial charge in [-0.15, -0.1) is 0 Å². The highest BCUT2D eigenvalue weighted by Crippen LogP contribution is 2.20. The third-order valence-corrected chi connectivity index (χ3v) is 6.20. The first-order valence-electron chi connectivity index (χ1n) is 11.5. The fraction of sp³-hybridized carbons (Fsp3) is 0.296. The molecule has 0 heterocycles. The molecule has 0 saturated carbocycles. The number of carbonyl (C=O) groups excluding carboxylic acids is 1. The number of rotatable bonds is 11. The van der Waals surface area contributed by atoms with Gasteiger partial charge in [0.2, 0.25) is 10.0 Å². The second-order valence-corrected chi connectivity index (χ2v) is 10.2. The molecular formula is C27H33N3O3S. The van der Waals surface area contributed by atoms with Gasteiger partial charge in [0.05, 0.1) is 12.4 Å². The van der Waals surface area contributed by atoms with Gasteiger partial charge < -0.3 is 4.90 Å². The highest BCUT2D eigenvalue weighted by molar-refractivity contribution is 7.92. The minimum Gasteiger partial charge on any atom is -0.323 e. The van der Waals surface area contributed by atoms with Gasteiger partial charge in [-0.05, 0) is 48.7 Å². The summed E-state index contributed by atoms with van der Waals surface area (Å²) in [7, 11) is -3.37. The van der Waals surface area contributed by atoms with Crippen molar-refractivity contribution in [2.75, 3.05) is 17.5 Å². The van der Waals surface area contributed by atoms with Gasteiger partial charge in [0.1, 0.15) is 0 Å². The minimum atomic E-state index is -3.37. The standard InChI is InChI=1S/C27H33N3O3S/c1-4-19-30(27(31)25-15-17-26(18-16-25)28-34(3,32)33)22(2)29(20-23-11-7-5-8-12-23)21-24-13-9-6-10-14-24/h5-18,22,28H,4,19-21H2,1-3H3. The SMILES string of the molecule is CCCN(C(=O)c1ccc(NS(C)(=O)=O)cc1)C(C)N(Cc1ccccc1)Cc1ccccc1. The van der Waals surface area contributed by atoms with Crippen LogP contribution in [0.2, 0.25) is 0 Å². The van der Waals surface area contributed by atoms with Crippen LogP contribution in [-0.4, -0.2) is 43.1 Å². The Hall–Kier alpha value is -3.16. The molecule has 0 aliphatic rings. The van der Waals surface area contributed by atoms with Gasteiger partial charge in [-0.2, -0.15) is 0 Å². The van der Waals surface area contributed by atoms with Crippen LogP contribution in [-0.2, 0) is 23.1 Å². The van der Waals surface area contributed by atoms with Crippen molar-refractivity contribution in [2.45, 2.75) is 39.5 Å². The van der Waals surface area contributed by atoms with Crippen molar-refractivity contribution in [3.05, 3.63) is 102 Å². The quantitative estimate of drug-likeness (QED) is 0.395. The molecule has 1 amide bonds. The Labute approximate surface area is 203 Å². The summed E-state index contributed by atoms with van der Waals surface area (Å²) in [6.45, 7) is 6.16. The highest BCUT2D eigenvalue weighted by atomic mass is 32.2. The van der Waals surface area contributed by atoms with Crippen LogP contribution >= 0.6 is 0 Å². The van der Waals surface area contributed by atoms with Crippen molar-refractivity contribution in [1.82, 2.24) is 9.80 Å². The second-order valence-electron chi connectivity index (χ2n) is 8.46. The summed E-state index contributed by atoms with van der Waals surface area (Å²) in [6.07, 6.45) is 1.78. The van der Waals surface area contributed by atoms with Gasteiger partial charge in [0.15, 0.2) is 0 Å². The van der Waals surface area contributed by atoms with Crippen molar-refractivity contribution in [2.24, 2.45) is 0 Å². The first-order valence-corrected chi connectivity index (χ1v) is 13.4. The Morgan fingerprint density at radius 1 is 0.853 bits per heavy atom. The van der Waals surface area contributed by atoms with E-state index in [0.717, 1.165) is 12.7 Å². The van der Waals surface area contributed by atoms with Crippen LogP contribution in [0.4, 0.5) is 5.69 Å². The molecule has 6 nitrogen and oxygen atoms in total.